The van der Waals surface area contributed by atoms with Crippen LogP contribution in [0.15, 0.2) is 53.4 Å². The summed E-state index contributed by atoms with van der Waals surface area (Å²) in [6, 6.07) is 11.9. The Balaban J connectivity index is 2.21. The van der Waals surface area contributed by atoms with Gasteiger partial charge in [0.2, 0.25) is 10.0 Å². The molecule has 0 fully saturated rings. The van der Waals surface area contributed by atoms with Crippen molar-refractivity contribution in [3.63, 3.8) is 0 Å². The van der Waals surface area contributed by atoms with Gasteiger partial charge in [0.15, 0.2) is 0 Å². The number of halogens is 2. The molecule has 124 valence electrons. The lowest BCUT2D eigenvalue weighted by Gasteiger charge is -2.26. The topological polar surface area (TPSA) is 49.4 Å². The summed E-state index contributed by atoms with van der Waals surface area (Å²) in [4.78, 5) is 1.77. The Labute approximate surface area is 140 Å². The lowest BCUT2D eigenvalue weighted by Crippen LogP contribution is -2.34. The first-order valence-corrected chi connectivity index (χ1v) is 8.83. The van der Waals surface area contributed by atoms with E-state index in [9.17, 15) is 12.8 Å². The second-order valence-electron chi connectivity index (χ2n) is 5.31. The van der Waals surface area contributed by atoms with Crippen LogP contribution >= 0.6 is 11.6 Å². The first-order chi connectivity index (χ1) is 10.8. The van der Waals surface area contributed by atoms with Gasteiger partial charge in [-0.3, -0.25) is 0 Å². The number of sulfonamides is 1. The minimum Gasteiger partial charge on any atom is -0.301 e. The van der Waals surface area contributed by atoms with Crippen molar-refractivity contribution in [2.75, 3.05) is 20.6 Å². The first kappa shape index (κ1) is 17.9. The van der Waals surface area contributed by atoms with Crippen molar-refractivity contribution in [3.8, 4) is 0 Å². The second kappa shape index (κ2) is 7.40. The van der Waals surface area contributed by atoms with Gasteiger partial charge in [-0.25, -0.2) is 17.5 Å². The maximum atomic E-state index is 13.2. The predicted octanol–water partition coefficient (Wildman–Crippen LogP) is 3.06. The molecule has 23 heavy (non-hydrogen) atoms. The molecule has 2 aromatic carbocycles. The fourth-order valence-electron chi connectivity index (χ4n) is 2.22. The Morgan fingerprint density at radius 3 is 2.48 bits per heavy atom. The number of nitrogens with zero attached hydrogens (tertiary/aromatic N) is 1. The number of hydrogen-bond donors (Lipinski definition) is 1. The van der Waals surface area contributed by atoms with E-state index in [1.807, 2.05) is 37.2 Å². The van der Waals surface area contributed by atoms with Gasteiger partial charge in [-0.15, -0.1) is 0 Å². The van der Waals surface area contributed by atoms with Crippen molar-refractivity contribution < 1.29 is 12.8 Å². The molecule has 0 aliphatic heterocycles. The van der Waals surface area contributed by atoms with Gasteiger partial charge >= 0.3 is 0 Å². The van der Waals surface area contributed by atoms with Gasteiger partial charge in [0.05, 0.1) is 4.90 Å². The van der Waals surface area contributed by atoms with E-state index in [-0.39, 0.29) is 17.5 Å². The maximum Gasteiger partial charge on any atom is 0.240 e. The van der Waals surface area contributed by atoms with Crippen molar-refractivity contribution >= 4 is 21.6 Å². The molecule has 0 aromatic heterocycles. The van der Waals surface area contributed by atoms with Gasteiger partial charge in [0, 0.05) is 17.6 Å². The standard InChI is InChI=1S/C16H18ClFN2O2S/c1-20(2)16(14-8-3-4-9-15(14)17)11-19-23(21,22)13-7-5-6-12(18)10-13/h3-10,16,19H,11H2,1-2H3/t16-/m0/s1. The number of rotatable bonds is 6. The average molecular weight is 357 g/mol. The van der Waals surface area contributed by atoms with E-state index in [1.54, 1.807) is 6.07 Å². The van der Waals surface area contributed by atoms with Crippen LogP contribution in [0, 0.1) is 5.82 Å². The molecule has 7 heteroatoms. The van der Waals surface area contributed by atoms with Gasteiger partial charge in [-0.2, -0.15) is 0 Å². The molecule has 0 radical (unpaired) electrons. The monoisotopic (exact) mass is 356 g/mol. The summed E-state index contributed by atoms with van der Waals surface area (Å²) < 4.78 is 40.3. The Hall–Kier alpha value is -1.47. The third-order valence-corrected chi connectivity index (χ3v) is 5.23. The summed E-state index contributed by atoms with van der Waals surface area (Å²) in [6.45, 7) is 0.121. The highest BCUT2D eigenvalue weighted by Crippen LogP contribution is 2.25. The molecular formula is C16H18ClFN2O2S. The molecule has 0 aliphatic carbocycles. The lowest BCUT2D eigenvalue weighted by atomic mass is 10.1. The molecular weight excluding hydrogens is 339 g/mol. The maximum absolute atomic E-state index is 13.2. The minimum atomic E-state index is -3.79. The molecule has 2 rings (SSSR count). The van der Waals surface area contributed by atoms with Crippen LogP contribution in [0.2, 0.25) is 5.02 Å². The van der Waals surface area contributed by atoms with Crippen molar-refractivity contribution in [2.45, 2.75) is 10.9 Å². The largest absolute Gasteiger partial charge is 0.301 e. The molecule has 0 spiro atoms. The summed E-state index contributed by atoms with van der Waals surface area (Å²) >= 11 is 6.20. The average Bonchev–Trinajstić information content (AvgIpc) is 2.49. The molecule has 2 aromatic rings. The number of likely N-dealkylation sites (N-methyl/N-ethyl adjacent to an activating group) is 1. The molecule has 0 unspecified atom stereocenters. The molecule has 0 heterocycles. The summed E-state index contributed by atoms with van der Waals surface area (Å²) in [5.41, 5.74) is 0.820. The minimum absolute atomic E-state index is 0.103. The lowest BCUT2D eigenvalue weighted by molar-refractivity contribution is 0.299. The van der Waals surface area contributed by atoms with Crippen molar-refractivity contribution in [2.24, 2.45) is 0 Å². The van der Waals surface area contributed by atoms with E-state index in [1.165, 1.54) is 18.2 Å². The molecule has 0 saturated heterocycles. The Kier molecular flexibility index (Phi) is 5.75. The highest BCUT2D eigenvalue weighted by molar-refractivity contribution is 7.89. The van der Waals surface area contributed by atoms with Crippen molar-refractivity contribution in [1.82, 2.24) is 9.62 Å². The Bertz CT molecular complexity index is 781. The summed E-state index contributed by atoms with van der Waals surface area (Å²) in [7, 11) is -0.116. The summed E-state index contributed by atoms with van der Waals surface area (Å²) in [5.74, 6) is -0.594. The summed E-state index contributed by atoms with van der Waals surface area (Å²) in [6.07, 6.45) is 0. The van der Waals surface area contributed by atoms with Gasteiger partial charge in [0.25, 0.3) is 0 Å². The molecule has 0 saturated carbocycles. The smallest absolute Gasteiger partial charge is 0.240 e. The quantitative estimate of drug-likeness (QED) is 0.865. The molecule has 4 nitrogen and oxygen atoms in total. The van der Waals surface area contributed by atoms with Crippen LogP contribution in [-0.2, 0) is 10.0 Å². The van der Waals surface area contributed by atoms with E-state index < -0.39 is 15.8 Å². The van der Waals surface area contributed by atoms with E-state index in [0.717, 1.165) is 11.6 Å². The second-order valence-corrected chi connectivity index (χ2v) is 7.48. The van der Waals surface area contributed by atoms with Crippen LogP contribution < -0.4 is 4.72 Å². The van der Waals surface area contributed by atoms with Crippen LogP contribution in [0.1, 0.15) is 11.6 Å². The molecule has 0 amide bonds. The summed E-state index contributed by atoms with van der Waals surface area (Å²) in [5, 5.41) is 0.566. The van der Waals surface area contributed by atoms with E-state index in [2.05, 4.69) is 4.72 Å². The SMILES string of the molecule is CN(C)[C@@H](CNS(=O)(=O)c1cccc(F)c1)c1ccccc1Cl. The van der Waals surface area contributed by atoms with Crippen LogP contribution in [0.4, 0.5) is 4.39 Å². The third-order valence-electron chi connectivity index (χ3n) is 3.46. The zero-order valence-corrected chi connectivity index (χ0v) is 14.4. The van der Waals surface area contributed by atoms with Crippen LogP contribution in [-0.4, -0.2) is 34.0 Å². The van der Waals surface area contributed by atoms with Gasteiger partial charge in [0.1, 0.15) is 5.82 Å². The highest BCUT2D eigenvalue weighted by atomic mass is 35.5. The van der Waals surface area contributed by atoms with Crippen LogP contribution in [0.5, 0.6) is 0 Å². The van der Waals surface area contributed by atoms with Crippen LogP contribution in [0.3, 0.4) is 0 Å². The van der Waals surface area contributed by atoms with Gasteiger partial charge < -0.3 is 4.90 Å². The fraction of sp³-hybridized carbons (Fsp3) is 0.250. The van der Waals surface area contributed by atoms with Crippen molar-refractivity contribution in [1.29, 1.82) is 0 Å². The number of nitrogens with one attached hydrogen (secondary N) is 1. The number of benzene rings is 2. The molecule has 0 bridgehead atoms. The highest BCUT2D eigenvalue weighted by Gasteiger charge is 2.21. The molecule has 1 atom stereocenters. The zero-order valence-electron chi connectivity index (χ0n) is 12.8. The van der Waals surface area contributed by atoms with Gasteiger partial charge in [-0.1, -0.05) is 35.9 Å². The fourth-order valence-corrected chi connectivity index (χ4v) is 3.55. The van der Waals surface area contributed by atoms with Gasteiger partial charge in [-0.05, 0) is 43.9 Å². The third kappa shape index (κ3) is 4.51. The Morgan fingerprint density at radius 1 is 1.17 bits per heavy atom. The molecule has 1 N–H and O–H groups in total. The normalized spacial score (nSPS) is 13.3. The number of hydrogen-bond acceptors (Lipinski definition) is 3. The zero-order chi connectivity index (χ0) is 17.0. The molecule has 0 aliphatic rings. The predicted molar refractivity (Wildman–Crippen MR) is 89.5 cm³/mol. The van der Waals surface area contributed by atoms with E-state index in [0.29, 0.717) is 5.02 Å². The van der Waals surface area contributed by atoms with E-state index in [4.69, 9.17) is 11.6 Å². The van der Waals surface area contributed by atoms with Crippen LogP contribution in [0.25, 0.3) is 0 Å². The Morgan fingerprint density at radius 2 is 1.87 bits per heavy atom. The van der Waals surface area contributed by atoms with E-state index >= 15 is 0 Å². The first-order valence-electron chi connectivity index (χ1n) is 6.97. The van der Waals surface area contributed by atoms with Crippen molar-refractivity contribution in [3.05, 3.63) is 64.9 Å².